The average Bonchev–Trinajstić information content (AvgIpc) is 3.32. The van der Waals surface area contributed by atoms with Gasteiger partial charge in [0, 0.05) is 35.2 Å². The minimum absolute atomic E-state index is 0.0558. The number of pyridine rings is 1. The van der Waals surface area contributed by atoms with Crippen molar-refractivity contribution in [3.05, 3.63) is 93.0 Å². The van der Waals surface area contributed by atoms with Crippen LogP contribution in [0.15, 0.2) is 65.2 Å². The Bertz CT molecular complexity index is 1880. The minimum Gasteiger partial charge on any atom is -0.496 e. The lowest BCUT2D eigenvalue weighted by atomic mass is 9.84. The van der Waals surface area contributed by atoms with E-state index in [4.69, 9.17) is 23.7 Å². The smallest absolute Gasteiger partial charge is 0.312 e. The van der Waals surface area contributed by atoms with Crippen molar-refractivity contribution in [3.8, 4) is 28.7 Å². The molecule has 3 aromatic carbocycles. The van der Waals surface area contributed by atoms with Gasteiger partial charge in [0.2, 0.25) is 5.78 Å². The van der Waals surface area contributed by atoms with Gasteiger partial charge in [-0.25, -0.2) is 0 Å². The largest absolute Gasteiger partial charge is 0.496 e. The van der Waals surface area contributed by atoms with Gasteiger partial charge in [0.25, 0.3) is 5.56 Å². The predicted octanol–water partition coefficient (Wildman–Crippen LogP) is 5.74. The quantitative estimate of drug-likeness (QED) is 0.155. The zero-order valence-corrected chi connectivity index (χ0v) is 24.6. The molecule has 220 valence electrons. The van der Waals surface area contributed by atoms with Crippen molar-refractivity contribution < 1.29 is 33.3 Å². The Morgan fingerprint density at radius 1 is 0.907 bits per heavy atom. The number of Topliss-reactive ketones (excluding diaryl/α,β-unsaturated/α-hetero) is 1. The first-order valence-corrected chi connectivity index (χ1v) is 14.0. The average molecular weight is 582 g/mol. The molecule has 1 unspecified atom stereocenters. The number of methoxy groups -OCH3 is 3. The van der Waals surface area contributed by atoms with E-state index in [0.29, 0.717) is 46.0 Å². The van der Waals surface area contributed by atoms with Crippen molar-refractivity contribution in [3.63, 3.8) is 0 Å². The topological polar surface area (TPSA) is 102 Å². The van der Waals surface area contributed by atoms with Crippen molar-refractivity contribution in [2.45, 2.75) is 32.7 Å². The summed E-state index contributed by atoms with van der Waals surface area (Å²) < 4.78 is 30.0. The monoisotopic (exact) mass is 581 g/mol. The van der Waals surface area contributed by atoms with E-state index in [-0.39, 0.29) is 40.9 Å². The number of aromatic nitrogens is 1. The molecule has 9 heteroatoms. The summed E-state index contributed by atoms with van der Waals surface area (Å²) in [6, 6.07) is 16.0. The van der Waals surface area contributed by atoms with Gasteiger partial charge in [0.15, 0.2) is 17.3 Å². The first kappa shape index (κ1) is 28.1. The van der Waals surface area contributed by atoms with Crippen molar-refractivity contribution in [1.82, 2.24) is 4.57 Å². The van der Waals surface area contributed by atoms with Gasteiger partial charge in [-0.15, -0.1) is 0 Å². The molecular weight excluding hydrogens is 550 g/mol. The van der Waals surface area contributed by atoms with Crippen molar-refractivity contribution in [2.75, 3.05) is 21.3 Å². The normalized spacial score (nSPS) is 16.6. The van der Waals surface area contributed by atoms with E-state index in [9.17, 15) is 14.4 Å². The maximum Gasteiger partial charge on any atom is 0.312 e. The zero-order valence-electron chi connectivity index (χ0n) is 24.6. The lowest BCUT2D eigenvalue weighted by molar-refractivity contribution is -0.135. The summed E-state index contributed by atoms with van der Waals surface area (Å²) >= 11 is 0. The summed E-state index contributed by atoms with van der Waals surface area (Å²) in [5.74, 6) is 0.701. The third-order valence-electron chi connectivity index (χ3n) is 7.76. The highest BCUT2D eigenvalue weighted by Crippen LogP contribution is 2.49. The first-order chi connectivity index (χ1) is 20.7. The zero-order chi connectivity index (χ0) is 30.4. The van der Waals surface area contributed by atoms with Crippen LogP contribution in [0.2, 0.25) is 0 Å². The molecule has 0 saturated carbocycles. The predicted molar refractivity (Wildman–Crippen MR) is 161 cm³/mol. The fourth-order valence-electron chi connectivity index (χ4n) is 5.82. The van der Waals surface area contributed by atoms with Gasteiger partial charge < -0.3 is 28.3 Å². The standard InChI is InChI=1S/C34H31NO8/c1-18(2)17-35-24-9-7-6-8-19(24)12-23(34(35)38)22-15-30(36)42-25-11-10-21-32(37)29(43-33(21)31(22)25)14-20-13-27(40-4)28(41-5)16-26(20)39-3/h6-14,16,18,22H,15,17H2,1-5H3/b29-14-. The molecule has 0 spiro atoms. The molecule has 1 aromatic heterocycles. The van der Waals surface area contributed by atoms with Crippen LogP contribution in [0.4, 0.5) is 0 Å². The van der Waals surface area contributed by atoms with E-state index < -0.39 is 11.9 Å². The summed E-state index contributed by atoms with van der Waals surface area (Å²) in [6.45, 7) is 4.61. The van der Waals surface area contributed by atoms with Crippen LogP contribution in [0.25, 0.3) is 17.0 Å². The molecule has 9 nitrogen and oxygen atoms in total. The molecule has 3 heterocycles. The Morgan fingerprint density at radius 3 is 2.35 bits per heavy atom. The maximum atomic E-state index is 14.0. The van der Waals surface area contributed by atoms with Crippen molar-refractivity contribution >= 4 is 28.7 Å². The SMILES string of the molecule is COc1cc(OC)c(OC)cc1/C=C1\Oc2c(ccc3c2C(c2cc4ccccc4n(CC(C)C)c2=O)CC(=O)O3)C1=O. The number of benzene rings is 3. The van der Waals surface area contributed by atoms with Crippen LogP contribution in [-0.2, 0) is 11.3 Å². The van der Waals surface area contributed by atoms with E-state index >= 15 is 0 Å². The number of allylic oxidation sites excluding steroid dienone is 1. The number of ketones is 1. The molecule has 2 aliphatic heterocycles. The molecule has 0 N–H and O–H groups in total. The Balaban J connectivity index is 1.50. The highest BCUT2D eigenvalue weighted by atomic mass is 16.5. The van der Waals surface area contributed by atoms with E-state index in [2.05, 4.69) is 13.8 Å². The molecule has 0 amide bonds. The maximum absolute atomic E-state index is 14.0. The molecular formula is C34H31NO8. The Hall–Kier alpha value is -5.05. The molecule has 1 atom stereocenters. The van der Waals surface area contributed by atoms with Gasteiger partial charge in [-0.05, 0) is 47.7 Å². The van der Waals surface area contributed by atoms with Crippen LogP contribution in [0.3, 0.4) is 0 Å². The third kappa shape index (κ3) is 4.80. The van der Waals surface area contributed by atoms with E-state index in [1.165, 1.54) is 21.3 Å². The lowest BCUT2D eigenvalue weighted by Crippen LogP contribution is -2.31. The second kappa shape index (κ2) is 11.0. The molecule has 0 fully saturated rings. The van der Waals surface area contributed by atoms with Gasteiger partial charge in [-0.2, -0.15) is 0 Å². The second-order valence-electron chi connectivity index (χ2n) is 10.9. The molecule has 0 radical (unpaired) electrons. The number of esters is 1. The van der Waals surface area contributed by atoms with Crippen LogP contribution in [-0.4, -0.2) is 37.6 Å². The molecule has 0 bridgehead atoms. The number of ether oxygens (including phenoxy) is 5. The summed E-state index contributed by atoms with van der Waals surface area (Å²) in [4.78, 5) is 40.5. The van der Waals surface area contributed by atoms with E-state index in [0.717, 1.165) is 10.9 Å². The van der Waals surface area contributed by atoms with Crippen molar-refractivity contribution in [2.24, 2.45) is 5.92 Å². The van der Waals surface area contributed by atoms with E-state index in [1.54, 1.807) is 34.9 Å². The lowest BCUT2D eigenvalue weighted by Gasteiger charge is -2.27. The number of rotatable bonds is 7. The number of nitrogens with zero attached hydrogens (tertiary/aromatic N) is 1. The van der Waals surface area contributed by atoms with Crippen LogP contribution < -0.4 is 29.2 Å². The summed E-state index contributed by atoms with van der Waals surface area (Å²) in [5, 5.41) is 0.879. The van der Waals surface area contributed by atoms with Gasteiger partial charge >= 0.3 is 5.97 Å². The summed E-state index contributed by atoms with van der Waals surface area (Å²) in [7, 11) is 4.56. The highest BCUT2D eigenvalue weighted by Gasteiger charge is 2.40. The Kier molecular flexibility index (Phi) is 7.17. The fraction of sp³-hybridized carbons (Fsp3) is 0.265. The van der Waals surface area contributed by atoms with Gasteiger partial charge in [0.1, 0.15) is 17.2 Å². The highest BCUT2D eigenvalue weighted by molar-refractivity contribution is 6.15. The molecule has 0 saturated heterocycles. The van der Waals surface area contributed by atoms with Gasteiger partial charge in [-0.3, -0.25) is 14.4 Å². The minimum atomic E-state index is -0.676. The molecule has 2 aliphatic rings. The second-order valence-corrected chi connectivity index (χ2v) is 10.9. The molecule has 6 rings (SSSR count). The molecule has 4 aromatic rings. The third-order valence-corrected chi connectivity index (χ3v) is 7.76. The number of carbonyl (C=O) groups is 2. The van der Waals surface area contributed by atoms with E-state index in [1.807, 2.05) is 30.3 Å². The Labute approximate surface area is 248 Å². The molecule has 43 heavy (non-hydrogen) atoms. The number of carbonyl (C=O) groups excluding carboxylic acids is 2. The molecule has 0 aliphatic carbocycles. The van der Waals surface area contributed by atoms with Crippen molar-refractivity contribution in [1.29, 1.82) is 0 Å². The number of hydrogen-bond acceptors (Lipinski definition) is 8. The van der Waals surface area contributed by atoms with Gasteiger partial charge in [0.05, 0.1) is 38.8 Å². The van der Waals surface area contributed by atoms with Crippen LogP contribution >= 0.6 is 0 Å². The summed E-state index contributed by atoms with van der Waals surface area (Å²) in [6.07, 6.45) is 1.50. The van der Waals surface area contributed by atoms with Gasteiger partial charge in [-0.1, -0.05) is 32.0 Å². The number of hydrogen-bond donors (Lipinski definition) is 0. The van der Waals surface area contributed by atoms with Crippen LogP contribution in [0.5, 0.6) is 28.7 Å². The number of para-hydroxylation sites is 1. The number of fused-ring (bicyclic) bond motifs is 4. The Morgan fingerprint density at radius 2 is 1.63 bits per heavy atom. The van der Waals surface area contributed by atoms with Crippen LogP contribution in [0, 0.1) is 5.92 Å². The fourth-order valence-corrected chi connectivity index (χ4v) is 5.82. The summed E-state index contributed by atoms with van der Waals surface area (Å²) in [5.41, 5.74) is 2.43. The first-order valence-electron chi connectivity index (χ1n) is 14.0. The van der Waals surface area contributed by atoms with Crippen LogP contribution in [0.1, 0.15) is 53.2 Å².